The zero-order chi connectivity index (χ0) is 21.0. The zero-order valence-electron chi connectivity index (χ0n) is 18.7. The van der Waals surface area contributed by atoms with Crippen LogP contribution in [-0.2, 0) is 13.0 Å². The van der Waals surface area contributed by atoms with Crippen molar-refractivity contribution < 1.29 is 4.74 Å². The van der Waals surface area contributed by atoms with Crippen LogP contribution in [0.5, 0.6) is 5.75 Å². The monoisotopic (exact) mass is 415 g/mol. The number of benzene rings is 2. The molecule has 4 nitrogen and oxygen atoms in total. The molecule has 0 radical (unpaired) electrons. The lowest BCUT2D eigenvalue weighted by Crippen LogP contribution is -2.48. The summed E-state index contributed by atoms with van der Waals surface area (Å²) in [7, 11) is 1.77. The normalized spacial score (nSPS) is 31.8. The van der Waals surface area contributed by atoms with Crippen LogP contribution in [0.3, 0.4) is 0 Å². The van der Waals surface area contributed by atoms with E-state index in [4.69, 9.17) is 9.72 Å². The van der Waals surface area contributed by atoms with Gasteiger partial charge in [0.05, 0.1) is 24.7 Å². The molecule has 0 amide bonds. The van der Waals surface area contributed by atoms with Crippen molar-refractivity contribution in [3.63, 3.8) is 0 Å². The highest BCUT2D eigenvalue weighted by Gasteiger charge is 2.54. The van der Waals surface area contributed by atoms with E-state index < -0.39 is 0 Å². The molecule has 31 heavy (non-hydrogen) atoms. The van der Waals surface area contributed by atoms with E-state index in [-0.39, 0.29) is 0 Å². The van der Waals surface area contributed by atoms with Crippen LogP contribution in [0.1, 0.15) is 61.9 Å². The van der Waals surface area contributed by atoms with Gasteiger partial charge in [0.2, 0.25) is 0 Å². The zero-order valence-corrected chi connectivity index (χ0v) is 18.7. The Morgan fingerprint density at radius 1 is 1.13 bits per heavy atom. The molecular weight excluding hydrogens is 382 g/mol. The number of methoxy groups -OCH3 is 1. The van der Waals surface area contributed by atoms with E-state index in [1.54, 1.807) is 12.7 Å². The number of aromatic nitrogens is 2. The molecule has 2 fully saturated rings. The maximum absolute atomic E-state index is 5.48. The average Bonchev–Trinajstić information content (AvgIpc) is 3.37. The standard InChI is InChI=1S/C27H33N3O/c1-27-14-13-20-19-10-8-18(31-2)15-17(19)7-9-21(20)22(27)11-12-25(27)28-16-26-29-23-5-3-4-6-24(23)30-26/h3-6,8,10,15,20-22,25,28H,7,9,11-14,16H2,1-2H3,(H,29,30)/t20-,21-,22+,25+,27+/m1/s1. The molecule has 2 aromatic carbocycles. The number of rotatable bonds is 4. The Morgan fingerprint density at radius 3 is 2.90 bits per heavy atom. The largest absolute Gasteiger partial charge is 0.497 e. The Morgan fingerprint density at radius 2 is 2.03 bits per heavy atom. The summed E-state index contributed by atoms with van der Waals surface area (Å²) in [4.78, 5) is 8.26. The molecule has 0 bridgehead atoms. The van der Waals surface area contributed by atoms with Gasteiger partial charge in [0.15, 0.2) is 0 Å². The van der Waals surface area contributed by atoms with Gasteiger partial charge in [0, 0.05) is 6.04 Å². The minimum Gasteiger partial charge on any atom is -0.497 e. The van der Waals surface area contributed by atoms with Gasteiger partial charge in [-0.15, -0.1) is 0 Å². The second-order valence-electron chi connectivity index (χ2n) is 10.2. The molecule has 0 unspecified atom stereocenters. The molecular formula is C27H33N3O. The van der Waals surface area contributed by atoms with Gasteiger partial charge in [-0.2, -0.15) is 0 Å². The van der Waals surface area contributed by atoms with E-state index >= 15 is 0 Å². The number of fused-ring (bicyclic) bond motifs is 6. The van der Waals surface area contributed by atoms with Crippen LogP contribution >= 0.6 is 0 Å². The molecule has 2 N–H and O–H groups in total. The molecule has 2 saturated carbocycles. The molecule has 1 aromatic heterocycles. The molecule has 0 spiro atoms. The van der Waals surface area contributed by atoms with Crippen LogP contribution in [0.4, 0.5) is 0 Å². The molecule has 3 aliphatic carbocycles. The van der Waals surface area contributed by atoms with Crippen LogP contribution in [0.15, 0.2) is 42.5 Å². The van der Waals surface area contributed by atoms with Crippen molar-refractivity contribution >= 4 is 11.0 Å². The molecule has 3 aromatic rings. The molecule has 162 valence electrons. The average molecular weight is 416 g/mol. The van der Waals surface area contributed by atoms with Crippen LogP contribution in [0.2, 0.25) is 0 Å². The highest BCUT2D eigenvalue weighted by Crippen LogP contribution is 2.61. The van der Waals surface area contributed by atoms with E-state index in [2.05, 4.69) is 59.7 Å². The lowest BCUT2D eigenvalue weighted by atomic mass is 9.55. The van der Waals surface area contributed by atoms with Gasteiger partial charge in [-0.25, -0.2) is 4.98 Å². The number of hydrogen-bond acceptors (Lipinski definition) is 3. The van der Waals surface area contributed by atoms with Gasteiger partial charge < -0.3 is 15.0 Å². The van der Waals surface area contributed by atoms with Gasteiger partial charge >= 0.3 is 0 Å². The van der Waals surface area contributed by atoms with Crippen molar-refractivity contribution in [3.05, 3.63) is 59.4 Å². The van der Waals surface area contributed by atoms with Crippen molar-refractivity contribution in [3.8, 4) is 5.75 Å². The first kappa shape index (κ1) is 19.4. The minimum atomic E-state index is 0.400. The number of aryl methyl sites for hydroxylation is 1. The van der Waals surface area contributed by atoms with Gasteiger partial charge in [-0.3, -0.25) is 0 Å². The van der Waals surface area contributed by atoms with Crippen LogP contribution < -0.4 is 10.1 Å². The number of ether oxygens (including phenoxy) is 1. The molecule has 6 rings (SSSR count). The Bertz CT molecular complexity index is 1070. The quantitative estimate of drug-likeness (QED) is 0.584. The minimum absolute atomic E-state index is 0.400. The van der Waals surface area contributed by atoms with Crippen LogP contribution in [0, 0.1) is 17.3 Å². The molecule has 0 aliphatic heterocycles. The number of H-pyrrole nitrogens is 1. The summed E-state index contributed by atoms with van der Waals surface area (Å²) in [6.07, 6.45) is 7.84. The molecule has 4 heteroatoms. The van der Waals surface area contributed by atoms with Gasteiger partial charge in [0.25, 0.3) is 0 Å². The number of aromatic amines is 1. The third kappa shape index (κ3) is 3.10. The first-order valence-corrected chi connectivity index (χ1v) is 12.0. The Hall–Kier alpha value is -2.33. The highest BCUT2D eigenvalue weighted by molar-refractivity contribution is 5.74. The summed E-state index contributed by atoms with van der Waals surface area (Å²) in [5, 5.41) is 3.92. The summed E-state index contributed by atoms with van der Waals surface area (Å²) >= 11 is 0. The van der Waals surface area contributed by atoms with Gasteiger partial charge in [0.1, 0.15) is 11.6 Å². The van der Waals surface area contributed by atoms with E-state index in [1.807, 2.05) is 0 Å². The number of imidazole rings is 1. The number of hydrogen-bond donors (Lipinski definition) is 2. The maximum Gasteiger partial charge on any atom is 0.121 e. The van der Waals surface area contributed by atoms with Gasteiger partial charge in [-0.05, 0) is 97.1 Å². The third-order valence-corrected chi connectivity index (χ3v) is 8.89. The Balaban J connectivity index is 1.19. The third-order valence-electron chi connectivity index (χ3n) is 8.89. The lowest BCUT2D eigenvalue weighted by molar-refractivity contribution is 0.0407. The number of nitrogens with zero attached hydrogens (tertiary/aromatic N) is 1. The second-order valence-corrected chi connectivity index (χ2v) is 10.2. The number of nitrogens with one attached hydrogen (secondary N) is 2. The van der Waals surface area contributed by atoms with E-state index in [0.29, 0.717) is 11.5 Å². The van der Waals surface area contributed by atoms with Gasteiger partial charge in [-0.1, -0.05) is 25.1 Å². The van der Waals surface area contributed by atoms with E-state index in [1.165, 1.54) is 44.1 Å². The fraction of sp³-hybridized carbons (Fsp3) is 0.519. The topological polar surface area (TPSA) is 49.9 Å². The predicted molar refractivity (Wildman–Crippen MR) is 124 cm³/mol. The fourth-order valence-electron chi connectivity index (χ4n) is 7.33. The molecule has 3 aliphatic rings. The molecule has 1 heterocycles. The van der Waals surface area contributed by atoms with Crippen molar-refractivity contribution in [2.24, 2.45) is 17.3 Å². The van der Waals surface area contributed by atoms with E-state index in [0.717, 1.165) is 46.9 Å². The van der Waals surface area contributed by atoms with E-state index in [9.17, 15) is 0 Å². The van der Waals surface area contributed by atoms with Crippen molar-refractivity contribution in [2.45, 2.75) is 64.0 Å². The number of para-hydroxylation sites is 2. The second kappa shape index (κ2) is 7.37. The SMILES string of the molecule is COc1ccc2c(c1)CC[C@@H]1[C@@H]2CC[C@]2(C)[C@@H](NCc3nc4ccccc4[nH]3)CC[C@@H]12. The first-order valence-electron chi connectivity index (χ1n) is 12.0. The van der Waals surface area contributed by atoms with Crippen molar-refractivity contribution in [1.82, 2.24) is 15.3 Å². The van der Waals surface area contributed by atoms with Crippen molar-refractivity contribution in [1.29, 1.82) is 0 Å². The summed E-state index contributed by atoms with van der Waals surface area (Å²) in [6.45, 7) is 3.40. The summed E-state index contributed by atoms with van der Waals surface area (Å²) in [6, 6.07) is 15.7. The van der Waals surface area contributed by atoms with Crippen molar-refractivity contribution in [2.75, 3.05) is 7.11 Å². The Kier molecular flexibility index (Phi) is 4.60. The Labute approximate surface area is 184 Å². The van der Waals surface area contributed by atoms with Crippen LogP contribution in [0.25, 0.3) is 11.0 Å². The van der Waals surface area contributed by atoms with Crippen LogP contribution in [-0.4, -0.2) is 23.1 Å². The first-order chi connectivity index (χ1) is 15.2. The fourth-order valence-corrected chi connectivity index (χ4v) is 7.33. The summed E-state index contributed by atoms with van der Waals surface area (Å²) in [5.41, 5.74) is 5.73. The highest BCUT2D eigenvalue weighted by atomic mass is 16.5. The summed E-state index contributed by atoms with van der Waals surface area (Å²) in [5.74, 6) is 4.46. The maximum atomic E-state index is 5.48. The summed E-state index contributed by atoms with van der Waals surface area (Å²) < 4.78 is 5.48. The molecule has 5 atom stereocenters. The molecule has 0 saturated heterocycles. The smallest absolute Gasteiger partial charge is 0.121 e. The lowest BCUT2D eigenvalue weighted by Gasteiger charge is -2.51. The predicted octanol–water partition coefficient (Wildman–Crippen LogP) is 5.59.